The zero-order valence-corrected chi connectivity index (χ0v) is 17.3. The van der Waals surface area contributed by atoms with E-state index in [0.717, 1.165) is 43.7 Å². The van der Waals surface area contributed by atoms with Crippen molar-refractivity contribution in [2.24, 2.45) is 0 Å². The van der Waals surface area contributed by atoms with E-state index in [9.17, 15) is 4.79 Å². The van der Waals surface area contributed by atoms with Crippen LogP contribution in [-0.2, 0) is 6.42 Å². The molecule has 2 aromatic carbocycles. The van der Waals surface area contributed by atoms with E-state index in [1.807, 2.05) is 43.3 Å². The molecule has 2 N–H and O–H groups in total. The Morgan fingerprint density at radius 1 is 1.14 bits per heavy atom. The quantitative estimate of drug-likeness (QED) is 0.307. The summed E-state index contributed by atoms with van der Waals surface area (Å²) in [5.74, 6) is 0.433. The van der Waals surface area contributed by atoms with Crippen molar-refractivity contribution in [2.45, 2.75) is 24.6 Å². The van der Waals surface area contributed by atoms with E-state index in [0.29, 0.717) is 5.75 Å². The summed E-state index contributed by atoms with van der Waals surface area (Å²) in [6.45, 7) is 4.07. The molecule has 2 heterocycles. The molecule has 0 fully saturated rings. The zero-order valence-electron chi connectivity index (χ0n) is 15.7. The molecule has 0 aliphatic rings. The van der Waals surface area contributed by atoms with Crippen molar-refractivity contribution in [1.29, 1.82) is 0 Å². The number of aromatic nitrogens is 3. The van der Waals surface area contributed by atoms with Crippen LogP contribution in [0.25, 0.3) is 10.9 Å². The monoisotopic (exact) mass is 408 g/mol. The molecule has 7 heteroatoms. The number of H-pyrrole nitrogens is 1. The van der Waals surface area contributed by atoms with E-state index in [-0.39, 0.29) is 5.78 Å². The molecule has 0 radical (unpaired) electrons. The summed E-state index contributed by atoms with van der Waals surface area (Å²) in [7, 11) is 0. The number of nitrogens with one attached hydrogen (secondary N) is 2. The molecule has 0 aliphatic carbocycles. The molecule has 0 saturated heterocycles. The number of ketones is 1. The molecule has 142 valence electrons. The molecule has 2 aromatic heterocycles. The number of carbonyl (C=O) groups excluding carboxylic acids is 1. The molecule has 0 atom stereocenters. The van der Waals surface area contributed by atoms with Crippen LogP contribution in [-0.4, -0.2) is 26.7 Å². The molecule has 0 bridgehead atoms. The van der Waals surface area contributed by atoms with Gasteiger partial charge < -0.3 is 10.3 Å². The van der Waals surface area contributed by atoms with Crippen LogP contribution in [0.4, 0.5) is 10.8 Å². The van der Waals surface area contributed by atoms with Crippen molar-refractivity contribution >= 4 is 50.6 Å². The molecule has 4 aromatic rings. The van der Waals surface area contributed by atoms with Gasteiger partial charge in [0.1, 0.15) is 0 Å². The van der Waals surface area contributed by atoms with Crippen molar-refractivity contribution in [3.63, 3.8) is 0 Å². The van der Waals surface area contributed by atoms with Crippen LogP contribution in [0, 0.1) is 6.92 Å². The van der Waals surface area contributed by atoms with Crippen molar-refractivity contribution in [2.75, 3.05) is 11.1 Å². The number of benzene rings is 2. The first-order chi connectivity index (χ1) is 13.6. The van der Waals surface area contributed by atoms with Crippen molar-refractivity contribution in [1.82, 2.24) is 15.2 Å². The van der Waals surface area contributed by atoms with Gasteiger partial charge >= 0.3 is 0 Å². The van der Waals surface area contributed by atoms with E-state index >= 15 is 0 Å². The summed E-state index contributed by atoms with van der Waals surface area (Å²) >= 11 is 2.88. The molecular weight excluding hydrogens is 388 g/mol. The molecule has 0 spiro atoms. The Hall–Kier alpha value is -2.64. The lowest BCUT2D eigenvalue weighted by molar-refractivity contribution is 0.102. The first-order valence-electron chi connectivity index (χ1n) is 9.07. The molecule has 0 unspecified atom stereocenters. The van der Waals surface area contributed by atoms with Crippen LogP contribution in [0.3, 0.4) is 0 Å². The van der Waals surface area contributed by atoms with Gasteiger partial charge in [0, 0.05) is 27.8 Å². The number of thioether (sulfide) groups is 1. The van der Waals surface area contributed by atoms with Crippen molar-refractivity contribution in [3.8, 4) is 0 Å². The second-order valence-corrected chi connectivity index (χ2v) is 8.63. The molecule has 28 heavy (non-hydrogen) atoms. The Kier molecular flexibility index (Phi) is 5.45. The number of fused-ring (bicyclic) bond motifs is 1. The van der Waals surface area contributed by atoms with E-state index < -0.39 is 0 Å². The van der Waals surface area contributed by atoms with E-state index in [1.165, 1.54) is 28.7 Å². The number of aryl methyl sites for hydroxylation is 2. The number of carbonyl (C=O) groups is 1. The SMILES string of the molecule is CCc1ccc(Nc2nnc(SCC(=O)c3c(C)[nH]c4ccccc34)s2)cc1. The minimum atomic E-state index is 0.0970. The second-order valence-electron chi connectivity index (χ2n) is 6.43. The fourth-order valence-corrected chi connectivity index (χ4v) is 4.75. The Balaban J connectivity index is 1.41. The maximum absolute atomic E-state index is 12.8. The van der Waals surface area contributed by atoms with Gasteiger partial charge in [-0.15, -0.1) is 10.2 Å². The number of anilines is 2. The van der Waals surface area contributed by atoms with Gasteiger partial charge in [-0.05, 0) is 37.1 Å². The summed E-state index contributed by atoms with van der Waals surface area (Å²) in [4.78, 5) is 16.1. The van der Waals surface area contributed by atoms with Gasteiger partial charge in [0.05, 0.1) is 5.75 Å². The maximum Gasteiger partial charge on any atom is 0.210 e. The minimum Gasteiger partial charge on any atom is -0.358 e. The maximum atomic E-state index is 12.8. The van der Waals surface area contributed by atoms with Crippen molar-refractivity contribution in [3.05, 3.63) is 65.4 Å². The molecule has 0 aliphatic heterocycles. The molecule has 0 saturated carbocycles. The highest BCUT2D eigenvalue weighted by Gasteiger charge is 2.17. The lowest BCUT2D eigenvalue weighted by atomic mass is 10.1. The number of nitrogens with zero attached hydrogens (tertiary/aromatic N) is 2. The van der Waals surface area contributed by atoms with Gasteiger partial charge in [-0.1, -0.05) is 60.4 Å². The van der Waals surface area contributed by atoms with Crippen LogP contribution in [0.2, 0.25) is 0 Å². The molecule has 5 nitrogen and oxygen atoms in total. The zero-order chi connectivity index (χ0) is 19.5. The highest BCUT2D eigenvalue weighted by molar-refractivity contribution is 8.01. The standard InChI is InChI=1S/C21H20N4OS2/c1-3-14-8-10-15(11-9-14)23-20-24-25-21(28-20)27-12-18(26)19-13(2)22-17-7-5-4-6-16(17)19/h4-11,22H,3,12H2,1-2H3,(H,23,24). The first kappa shape index (κ1) is 18.7. The van der Waals surface area contributed by atoms with Crippen LogP contribution < -0.4 is 5.32 Å². The smallest absolute Gasteiger partial charge is 0.210 e. The van der Waals surface area contributed by atoms with Gasteiger partial charge in [0.2, 0.25) is 5.13 Å². The number of Topliss-reactive ketones (excluding diaryl/α,β-unsaturated/α-hetero) is 1. The Bertz CT molecular complexity index is 1120. The summed E-state index contributed by atoms with van der Waals surface area (Å²) in [5.41, 5.74) is 4.94. The Morgan fingerprint density at radius 3 is 2.71 bits per heavy atom. The first-order valence-corrected chi connectivity index (χ1v) is 10.9. The average molecular weight is 409 g/mol. The molecule has 4 rings (SSSR count). The molecular formula is C21H20N4OS2. The summed E-state index contributed by atoms with van der Waals surface area (Å²) in [6.07, 6.45) is 1.02. The third kappa shape index (κ3) is 3.95. The Morgan fingerprint density at radius 2 is 1.93 bits per heavy atom. The predicted molar refractivity (Wildman–Crippen MR) is 117 cm³/mol. The van der Waals surface area contributed by atoms with E-state index in [2.05, 4.69) is 39.6 Å². The number of rotatable bonds is 7. The van der Waals surface area contributed by atoms with Gasteiger partial charge in [-0.25, -0.2) is 0 Å². The average Bonchev–Trinajstić information content (AvgIpc) is 3.29. The number of para-hydroxylation sites is 1. The van der Waals surface area contributed by atoms with E-state index in [1.54, 1.807) is 0 Å². The summed E-state index contributed by atoms with van der Waals surface area (Å²) in [5, 5.41) is 13.3. The summed E-state index contributed by atoms with van der Waals surface area (Å²) < 4.78 is 0.776. The number of hydrogen-bond acceptors (Lipinski definition) is 6. The van der Waals surface area contributed by atoms with Gasteiger partial charge in [0.25, 0.3) is 0 Å². The fraction of sp³-hybridized carbons (Fsp3) is 0.190. The predicted octanol–water partition coefficient (Wildman–Crippen LogP) is 5.61. The van der Waals surface area contributed by atoms with Crippen LogP contribution in [0.15, 0.2) is 52.9 Å². The third-order valence-electron chi connectivity index (χ3n) is 4.52. The Labute approximate surface area is 171 Å². The normalized spacial score (nSPS) is 11.1. The van der Waals surface area contributed by atoms with E-state index in [4.69, 9.17) is 0 Å². The van der Waals surface area contributed by atoms with Gasteiger partial charge in [-0.3, -0.25) is 4.79 Å². The van der Waals surface area contributed by atoms with Crippen LogP contribution in [0.1, 0.15) is 28.5 Å². The number of hydrogen-bond donors (Lipinski definition) is 2. The second kappa shape index (κ2) is 8.16. The minimum absolute atomic E-state index is 0.0970. The number of aromatic amines is 1. The van der Waals surface area contributed by atoms with Gasteiger partial charge in [-0.2, -0.15) is 0 Å². The summed E-state index contributed by atoms with van der Waals surface area (Å²) in [6, 6.07) is 16.2. The van der Waals surface area contributed by atoms with Gasteiger partial charge in [0.15, 0.2) is 10.1 Å². The highest BCUT2D eigenvalue weighted by Crippen LogP contribution is 2.30. The van der Waals surface area contributed by atoms with Crippen LogP contribution in [0.5, 0.6) is 0 Å². The molecule has 0 amide bonds. The largest absolute Gasteiger partial charge is 0.358 e. The lowest BCUT2D eigenvalue weighted by Crippen LogP contribution is -2.03. The van der Waals surface area contributed by atoms with Crippen molar-refractivity contribution < 1.29 is 4.79 Å². The lowest BCUT2D eigenvalue weighted by Gasteiger charge is -2.02. The fourth-order valence-electron chi connectivity index (χ4n) is 3.10. The van der Waals surface area contributed by atoms with Crippen LogP contribution >= 0.6 is 23.1 Å². The topological polar surface area (TPSA) is 70.7 Å². The highest BCUT2D eigenvalue weighted by atomic mass is 32.2. The third-order valence-corrected chi connectivity index (χ3v) is 6.49.